The third-order valence-corrected chi connectivity index (χ3v) is 5.87. The van der Waals surface area contributed by atoms with E-state index in [4.69, 9.17) is 0 Å². The van der Waals surface area contributed by atoms with Gasteiger partial charge in [0.2, 0.25) is 0 Å². The molecule has 4 aromatic rings. The lowest BCUT2D eigenvalue weighted by molar-refractivity contribution is 0.103. The number of ketones is 1. The Labute approximate surface area is 183 Å². The topological polar surface area (TPSA) is 20.3 Å². The van der Waals surface area contributed by atoms with Crippen LogP contribution < -0.4 is 4.90 Å². The van der Waals surface area contributed by atoms with Crippen LogP contribution in [0.25, 0.3) is 11.1 Å². The maximum Gasteiger partial charge on any atom is 0.194 e. The van der Waals surface area contributed by atoms with Crippen LogP contribution in [0.15, 0.2) is 103 Å². The first-order valence-corrected chi connectivity index (χ1v) is 10.5. The van der Waals surface area contributed by atoms with Gasteiger partial charge in [0.1, 0.15) is 0 Å². The van der Waals surface area contributed by atoms with Gasteiger partial charge in [-0.25, -0.2) is 0 Å². The van der Waals surface area contributed by atoms with Crippen LogP contribution in [0, 0.1) is 0 Å². The molecule has 150 valence electrons. The summed E-state index contributed by atoms with van der Waals surface area (Å²) >= 11 is 0. The highest BCUT2D eigenvalue weighted by atomic mass is 16.1. The van der Waals surface area contributed by atoms with Crippen molar-refractivity contribution < 1.29 is 4.79 Å². The molecular weight excluding hydrogens is 378 g/mol. The van der Waals surface area contributed by atoms with Gasteiger partial charge in [-0.3, -0.25) is 4.79 Å². The molecule has 2 nitrogen and oxygen atoms in total. The first-order chi connectivity index (χ1) is 15.1. The lowest BCUT2D eigenvalue weighted by atomic mass is 9.77. The van der Waals surface area contributed by atoms with Gasteiger partial charge in [-0.1, -0.05) is 91.0 Å². The van der Waals surface area contributed by atoms with Crippen LogP contribution in [0.2, 0.25) is 0 Å². The summed E-state index contributed by atoms with van der Waals surface area (Å²) in [5.74, 6) is 0.0883. The van der Waals surface area contributed by atoms with Gasteiger partial charge < -0.3 is 4.90 Å². The fraction of sp³-hybridized carbons (Fsp3) is 0.0690. The molecule has 0 bridgehead atoms. The Morgan fingerprint density at radius 2 is 1.00 bits per heavy atom. The van der Waals surface area contributed by atoms with E-state index in [1.807, 2.05) is 56.6 Å². The highest BCUT2D eigenvalue weighted by Gasteiger charge is 2.29. The predicted molar refractivity (Wildman–Crippen MR) is 129 cm³/mol. The van der Waals surface area contributed by atoms with Crippen LogP contribution in [-0.2, 0) is 0 Å². The van der Waals surface area contributed by atoms with Gasteiger partial charge in [0.25, 0.3) is 0 Å². The molecule has 0 N–H and O–H groups in total. The van der Waals surface area contributed by atoms with E-state index in [2.05, 4.69) is 65.6 Å². The molecule has 0 spiro atoms. The Kier molecular flexibility index (Phi) is 4.76. The third kappa shape index (κ3) is 3.27. The molecule has 0 aliphatic heterocycles. The maximum absolute atomic E-state index is 13.2. The van der Waals surface area contributed by atoms with Crippen molar-refractivity contribution in [1.29, 1.82) is 0 Å². The number of hydrogen-bond donors (Lipinski definition) is 0. The zero-order valence-corrected chi connectivity index (χ0v) is 17.7. The molecule has 31 heavy (non-hydrogen) atoms. The molecule has 0 saturated heterocycles. The average molecular weight is 402 g/mol. The van der Waals surface area contributed by atoms with E-state index in [0.29, 0.717) is 0 Å². The minimum absolute atomic E-state index is 0.0883. The van der Waals surface area contributed by atoms with Crippen molar-refractivity contribution >= 4 is 22.6 Å². The van der Waals surface area contributed by atoms with Gasteiger partial charge in [-0.2, -0.15) is 0 Å². The van der Waals surface area contributed by atoms with Gasteiger partial charge >= 0.3 is 0 Å². The molecule has 0 amide bonds. The standard InChI is InChI=1S/C29H23NO/c1-30(2)22-18-16-21(17-19-22)27(20-10-4-3-5-11-20)28-23-12-6-8-14-25(23)29(31)26-15-9-7-13-24(26)28/h3-19H,1-2H3. The number of benzene rings is 4. The third-order valence-electron chi connectivity index (χ3n) is 5.87. The van der Waals surface area contributed by atoms with Gasteiger partial charge in [0.15, 0.2) is 5.78 Å². The van der Waals surface area contributed by atoms with E-state index in [-0.39, 0.29) is 5.78 Å². The fourth-order valence-corrected chi connectivity index (χ4v) is 4.34. The summed E-state index contributed by atoms with van der Waals surface area (Å²) in [6, 6.07) is 35.0. The summed E-state index contributed by atoms with van der Waals surface area (Å²) in [5.41, 5.74) is 9.15. The Morgan fingerprint density at radius 1 is 0.548 bits per heavy atom. The first kappa shape index (κ1) is 19.1. The number of carbonyl (C=O) groups is 1. The quantitative estimate of drug-likeness (QED) is 0.353. The molecule has 4 aromatic carbocycles. The Morgan fingerprint density at radius 3 is 1.52 bits per heavy atom. The second-order valence-corrected chi connectivity index (χ2v) is 7.98. The summed E-state index contributed by atoms with van der Waals surface area (Å²) in [6.45, 7) is 0. The van der Waals surface area contributed by atoms with Crippen molar-refractivity contribution in [2.45, 2.75) is 0 Å². The first-order valence-electron chi connectivity index (χ1n) is 10.5. The molecule has 0 fully saturated rings. The number of rotatable bonds is 3. The molecule has 0 radical (unpaired) electrons. The lowest BCUT2D eigenvalue weighted by Crippen LogP contribution is -2.15. The molecule has 2 heteroatoms. The highest BCUT2D eigenvalue weighted by molar-refractivity contribution is 6.22. The van der Waals surface area contributed by atoms with E-state index in [1.165, 1.54) is 0 Å². The van der Waals surface area contributed by atoms with E-state index < -0.39 is 0 Å². The molecule has 1 aliphatic carbocycles. The van der Waals surface area contributed by atoms with E-state index in [9.17, 15) is 4.79 Å². The molecule has 5 rings (SSSR count). The van der Waals surface area contributed by atoms with Crippen molar-refractivity contribution in [2.24, 2.45) is 0 Å². The molecule has 0 unspecified atom stereocenters. The summed E-state index contributed by atoms with van der Waals surface area (Å²) in [7, 11) is 4.09. The Hall–Kier alpha value is -3.91. The lowest BCUT2D eigenvalue weighted by Gasteiger charge is -2.25. The van der Waals surface area contributed by atoms with Crippen LogP contribution in [-0.4, -0.2) is 19.9 Å². The minimum Gasteiger partial charge on any atom is -0.378 e. The monoisotopic (exact) mass is 401 g/mol. The van der Waals surface area contributed by atoms with Crippen molar-refractivity contribution in [1.82, 2.24) is 0 Å². The second kappa shape index (κ2) is 7.73. The van der Waals surface area contributed by atoms with Crippen LogP contribution in [0.1, 0.15) is 38.2 Å². The molecule has 0 heterocycles. The van der Waals surface area contributed by atoms with Gasteiger partial charge in [-0.15, -0.1) is 0 Å². The van der Waals surface area contributed by atoms with E-state index in [0.717, 1.165) is 50.2 Å². The van der Waals surface area contributed by atoms with Gasteiger partial charge in [-0.05, 0) is 45.5 Å². The molecule has 1 aliphatic rings. The average Bonchev–Trinajstić information content (AvgIpc) is 2.82. The van der Waals surface area contributed by atoms with Gasteiger partial charge in [0.05, 0.1) is 0 Å². The van der Waals surface area contributed by atoms with Gasteiger partial charge in [0, 0.05) is 30.9 Å². The smallest absolute Gasteiger partial charge is 0.194 e. The summed E-state index contributed by atoms with van der Waals surface area (Å²) < 4.78 is 0. The number of fused-ring (bicyclic) bond motifs is 2. The number of hydrogen-bond acceptors (Lipinski definition) is 2. The molecule has 0 aromatic heterocycles. The number of carbonyl (C=O) groups excluding carboxylic acids is 1. The number of anilines is 1. The molecule has 0 atom stereocenters. The van der Waals surface area contributed by atoms with Crippen LogP contribution in [0.4, 0.5) is 5.69 Å². The molecular formula is C29H23NO. The Balaban J connectivity index is 1.89. The van der Waals surface area contributed by atoms with Crippen LogP contribution in [0.3, 0.4) is 0 Å². The summed E-state index contributed by atoms with van der Waals surface area (Å²) in [6.07, 6.45) is 0. The van der Waals surface area contributed by atoms with E-state index in [1.54, 1.807) is 0 Å². The summed E-state index contributed by atoms with van der Waals surface area (Å²) in [4.78, 5) is 15.3. The zero-order valence-electron chi connectivity index (χ0n) is 17.7. The maximum atomic E-state index is 13.2. The Bertz CT molecular complexity index is 1250. The van der Waals surface area contributed by atoms with Crippen molar-refractivity contribution in [3.63, 3.8) is 0 Å². The largest absolute Gasteiger partial charge is 0.378 e. The number of nitrogens with zero attached hydrogens (tertiary/aromatic N) is 1. The van der Waals surface area contributed by atoms with Crippen molar-refractivity contribution in [3.8, 4) is 0 Å². The normalized spacial score (nSPS) is 12.2. The van der Waals surface area contributed by atoms with E-state index >= 15 is 0 Å². The van der Waals surface area contributed by atoms with Crippen molar-refractivity contribution in [3.05, 3.63) is 137 Å². The highest BCUT2D eigenvalue weighted by Crippen LogP contribution is 2.43. The van der Waals surface area contributed by atoms with Crippen LogP contribution in [0.5, 0.6) is 0 Å². The minimum atomic E-state index is 0.0883. The summed E-state index contributed by atoms with van der Waals surface area (Å²) in [5, 5.41) is 0. The van der Waals surface area contributed by atoms with Crippen molar-refractivity contribution in [2.75, 3.05) is 19.0 Å². The predicted octanol–water partition coefficient (Wildman–Crippen LogP) is 6.30. The SMILES string of the molecule is CN(C)c1ccc(C(=C2c3ccccc3C(=O)c3ccccc32)c2ccccc2)cc1. The van der Waals surface area contributed by atoms with Crippen LogP contribution >= 0.6 is 0 Å². The fourth-order valence-electron chi connectivity index (χ4n) is 4.34. The molecule has 0 saturated carbocycles. The second-order valence-electron chi connectivity index (χ2n) is 7.98. The zero-order chi connectivity index (χ0) is 21.4.